The van der Waals surface area contributed by atoms with Gasteiger partial charge in [0, 0.05) is 17.8 Å². The van der Waals surface area contributed by atoms with Gasteiger partial charge in [0.15, 0.2) is 4.34 Å². The van der Waals surface area contributed by atoms with Crippen LogP contribution in [-0.4, -0.2) is 46.0 Å². The molecule has 0 fully saturated rings. The fourth-order valence-corrected chi connectivity index (χ4v) is 4.28. The zero-order chi connectivity index (χ0) is 19.8. The van der Waals surface area contributed by atoms with Gasteiger partial charge < -0.3 is 15.0 Å². The zero-order valence-corrected chi connectivity index (χ0v) is 18.2. The Balaban J connectivity index is 1.93. The molecule has 6 nitrogen and oxygen atoms in total. The number of carbonyl (C=O) groups is 1. The van der Waals surface area contributed by atoms with Gasteiger partial charge >= 0.3 is 0 Å². The number of ether oxygens (including phenoxy) is 1. The molecule has 0 saturated carbocycles. The first kappa shape index (κ1) is 21.5. The van der Waals surface area contributed by atoms with Crippen LogP contribution in [0.2, 0.25) is 0 Å². The Hall–Kier alpha value is -1.80. The Morgan fingerprint density at radius 2 is 1.81 bits per heavy atom. The van der Waals surface area contributed by atoms with E-state index in [1.165, 1.54) is 23.1 Å². The van der Waals surface area contributed by atoms with Gasteiger partial charge in [-0.15, -0.1) is 10.2 Å². The molecule has 0 bridgehead atoms. The van der Waals surface area contributed by atoms with Crippen molar-refractivity contribution in [3.8, 4) is 5.75 Å². The number of nitrogens with one attached hydrogen (secondary N) is 1. The molecule has 2 rings (SSSR count). The van der Waals surface area contributed by atoms with Crippen molar-refractivity contribution < 1.29 is 9.53 Å². The second-order valence-electron chi connectivity index (χ2n) is 6.33. The molecule has 2 aromatic rings. The molecule has 0 spiro atoms. The maximum absolute atomic E-state index is 12.7. The van der Waals surface area contributed by atoms with Crippen molar-refractivity contribution in [2.24, 2.45) is 0 Å². The van der Waals surface area contributed by atoms with Gasteiger partial charge in [0.2, 0.25) is 11.0 Å². The third-order valence-corrected chi connectivity index (χ3v) is 6.44. The number of benzene rings is 1. The van der Waals surface area contributed by atoms with Crippen LogP contribution in [0.25, 0.3) is 0 Å². The molecule has 1 amide bonds. The SMILES string of the molecule is CC[C@@H](C)N(C(=O)CSc1nnc(Nc2ccc(OC)cc2)s1)[C@@H](C)CC. The maximum atomic E-state index is 12.7. The van der Waals surface area contributed by atoms with Crippen LogP contribution in [0, 0.1) is 0 Å². The predicted octanol–water partition coefficient (Wildman–Crippen LogP) is 4.81. The van der Waals surface area contributed by atoms with E-state index in [9.17, 15) is 4.79 Å². The normalized spacial score (nSPS) is 13.1. The molecule has 148 valence electrons. The molecular weight excluding hydrogens is 380 g/mol. The maximum Gasteiger partial charge on any atom is 0.233 e. The fraction of sp³-hybridized carbons (Fsp3) is 0.526. The third-order valence-electron chi connectivity index (χ3n) is 4.49. The average molecular weight is 409 g/mol. The number of aromatic nitrogens is 2. The second kappa shape index (κ2) is 10.5. The molecule has 1 N–H and O–H groups in total. The first-order valence-corrected chi connectivity index (χ1v) is 11.0. The molecule has 8 heteroatoms. The quantitative estimate of drug-likeness (QED) is 0.569. The van der Waals surface area contributed by atoms with Crippen LogP contribution in [0.15, 0.2) is 28.6 Å². The van der Waals surface area contributed by atoms with Crippen molar-refractivity contribution in [1.82, 2.24) is 15.1 Å². The molecule has 1 heterocycles. The lowest BCUT2D eigenvalue weighted by Crippen LogP contribution is -2.45. The molecule has 27 heavy (non-hydrogen) atoms. The number of hydrogen-bond acceptors (Lipinski definition) is 7. The molecule has 0 unspecified atom stereocenters. The van der Waals surface area contributed by atoms with E-state index in [1.807, 2.05) is 29.2 Å². The Bertz CT molecular complexity index is 711. The Kier molecular flexibility index (Phi) is 8.37. The number of methoxy groups -OCH3 is 1. The fourth-order valence-electron chi connectivity index (χ4n) is 2.63. The van der Waals surface area contributed by atoms with Gasteiger partial charge in [-0.1, -0.05) is 36.9 Å². The number of nitrogens with zero attached hydrogens (tertiary/aromatic N) is 3. The molecule has 0 aliphatic heterocycles. The third kappa shape index (κ3) is 6.10. The molecule has 0 saturated heterocycles. The highest BCUT2D eigenvalue weighted by molar-refractivity contribution is 8.01. The van der Waals surface area contributed by atoms with Crippen LogP contribution >= 0.6 is 23.1 Å². The number of amides is 1. The standard InChI is InChI=1S/C19H28N4O2S2/c1-6-13(3)23(14(4)7-2)17(24)12-26-19-22-21-18(27-19)20-15-8-10-16(25-5)11-9-15/h8-11,13-14H,6-7,12H2,1-5H3,(H,20,21)/t13-,14+. The van der Waals surface area contributed by atoms with E-state index in [1.54, 1.807) is 7.11 Å². The zero-order valence-electron chi connectivity index (χ0n) is 16.6. The van der Waals surface area contributed by atoms with Gasteiger partial charge in [0.05, 0.1) is 12.9 Å². The van der Waals surface area contributed by atoms with Gasteiger partial charge in [-0.05, 0) is 51.0 Å². The van der Waals surface area contributed by atoms with Gasteiger partial charge in [-0.2, -0.15) is 0 Å². The Morgan fingerprint density at radius 3 is 2.37 bits per heavy atom. The van der Waals surface area contributed by atoms with Crippen molar-refractivity contribution in [2.75, 3.05) is 18.2 Å². The highest BCUT2D eigenvalue weighted by Crippen LogP contribution is 2.29. The summed E-state index contributed by atoms with van der Waals surface area (Å²) in [6, 6.07) is 8.11. The predicted molar refractivity (Wildman–Crippen MR) is 113 cm³/mol. The summed E-state index contributed by atoms with van der Waals surface area (Å²) < 4.78 is 5.94. The summed E-state index contributed by atoms with van der Waals surface area (Å²) in [4.78, 5) is 14.7. The molecule has 0 aliphatic carbocycles. The van der Waals surface area contributed by atoms with E-state index in [4.69, 9.17) is 4.74 Å². The van der Waals surface area contributed by atoms with Gasteiger partial charge in [0.1, 0.15) is 5.75 Å². The first-order chi connectivity index (χ1) is 13.0. The van der Waals surface area contributed by atoms with E-state index in [0.717, 1.165) is 28.6 Å². The van der Waals surface area contributed by atoms with Crippen molar-refractivity contribution in [2.45, 2.75) is 57.0 Å². The number of rotatable bonds is 10. The minimum absolute atomic E-state index is 0.156. The van der Waals surface area contributed by atoms with E-state index in [2.05, 4.69) is 43.2 Å². The van der Waals surface area contributed by atoms with Crippen molar-refractivity contribution in [3.63, 3.8) is 0 Å². The van der Waals surface area contributed by atoms with E-state index in [-0.39, 0.29) is 18.0 Å². The van der Waals surface area contributed by atoms with Crippen LogP contribution < -0.4 is 10.1 Å². The largest absolute Gasteiger partial charge is 0.497 e. The number of thioether (sulfide) groups is 1. The Morgan fingerprint density at radius 1 is 1.19 bits per heavy atom. The van der Waals surface area contributed by atoms with Crippen molar-refractivity contribution in [3.05, 3.63) is 24.3 Å². The number of hydrogen-bond donors (Lipinski definition) is 1. The summed E-state index contributed by atoms with van der Waals surface area (Å²) in [6.07, 6.45) is 1.91. The van der Waals surface area contributed by atoms with Crippen molar-refractivity contribution in [1.29, 1.82) is 0 Å². The lowest BCUT2D eigenvalue weighted by molar-refractivity contribution is -0.132. The summed E-state index contributed by atoms with van der Waals surface area (Å²) >= 11 is 2.89. The highest BCUT2D eigenvalue weighted by atomic mass is 32.2. The minimum Gasteiger partial charge on any atom is -0.497 e. The molecular formula is C19H28N4O2S2. The summed E-state index contributed by atoms with van der Waals surface area (Å²) in [7, 11) is 1.64. The van der Waals surface area contributed by atoms with Gasteiger partial charge in [-0.3, -0.25) is 4.79 Å². The van der Waals surface area contributed by atoms with E-state index < -0.39 is 0 Å². The lowest BCUT2D eigenvalue weighted by atomic mass is 10.1. The van der Waals surface area contributed by atoms with E-state index >= 15 is 0 Å². The van der Waals surface area contributed by atoms with E-state index in [0.29, 0.717) is 10.9 Å². The lowest BCUT2D eigenvalue weighted by Gasteiger charge is -2.33. The van der Waals surface area contributed by atoms with Crippen LogP contribution in [-0.2, 0) is 4.79 Å². The van der Waals surface area contributed by atoms with Crippen LogP contribution in [0.4, 0.5) is 10.8 Å². The number of anilines is 2. The summed E-state index contributed by atoms with van der Waals surface area (Å²) in [5.41, 5.74) is 0.916. The number of carbonyl (C=O) groups excluding carboxylic acids is 1. The summed E-state index contributed by atoms with van der Waals surface area (Å²) in [5.74, 6) is 1.34. The summed E-state index contributed by atoms with van der Waals surface area (Å²) in [5, 5.41) is 12.3. The molecule has 0 radical (unpaired) electrons. The second-order valence-corrected chi connectivity index (χ2v) is 8.53. The smallest absolute Gasteiger partial charge is 0.233 e. The van der Waals surface area contributed by atoms with Gasteiger partial charge in [0.25, 0.3) is 0 Å². The first-order valence-electron chi connectivity index (χ1n) is 9.17. The monoisotopic (exact) mass is 408 g/mol. The van der Waals surface area contributed by atoms with Crippen molar-refractivity contribution >= 4 is 39.8 Å². The summed E-state index contributed by atoms with van der Waals surface area (Å²) in [6.45, 7) is 8.44. The highest BCUT2D eigenvalue weighted by Gasteiger charge is 2.23. The van der Waals surface area contributed by atoms with Crippen LogP contribution in [0.3, 0.4) is 0 Å². The molecule has 1 aromatic heterocycles. The molecule has 2 atom stereocenters. The van der Waals surface area contributed by atoms with Crippen LogP contribution in [0.1, 0.15) is 40.5 Å². The molecule has 1 aromatic carbocycles. The topological polar surface area (TPSA) is 67.4 Å². The van der Waals surface area contributed by atoms with Crippen LogP contribution in [0.5, 0.6) is 5.75 Å². The Labute approximate surface area is 169 Å². The molecule has 0 aliphatic rings. The minimum atomic E-state index is 0.156. The van der Waals surface area contributed by atoms with Gasteiger partial charge in [-0.25, -0.2) is 0 Å². The average Bonchev–Trinajstić information content (AvgIpc) is 3.14.